The number of benzene rings is 2. The zero-order chi connectivity index (χ0) is 19.0. The number of amides is 1. The van der Waals surface area contributed by atoms with Crippen molar-refractivity contribution in [2.75, 3.05) is 6.54 Å². The number of carbonyl (C=O) groups excluding carboxylic acids is 1. The van der Waals surface area contributed by atoms with Gasteiger partial charge in [0.15, 0.2) is 0 Å². The Morgan fingerprint density at radius 1 is 1.11 bits per heavy atom. The van der Waals surface area contributed by atoms with Gasteiger partial charge in [-0.15, -0.1) is 0 Å². The number of nitrogens with zero attached hydrogens (tertiary/aromatic N) is 3. The fourth-order valence-corrected chi connectivity index (χ4v) is 3.58. The summed E-state index contributed by atoms with van der Waals surface area (Å²) in [7, 11) is 0. The van der Waals surface area contributed by atoms with Crippen LogP contribution in [0.1, 0.15) is 51.8 Å². The van der Waals surface area contributed by atoms with Crippen LogP contribution in [0.2, 0.25) is 0 Å². The van der Waals surface area contributed by atoms with Gasteiger partial charge in [0.2, 0.25) is 11.7 Å². The van der Waals surface area contributed by atoms with Crippen molar-refractivity contribution in [3.8, 4) is 11.4 Å². The summed E-state index contributed by atoms with van der Waals surface area (Å²) in [6.45, 7) is 6.82. The Labute approximate surface area is 159 Å². The lowest BCUT2D eigenvalue weighted by molar-refractivity contribution is 0.0710. The molecule has 0 spiro atoms. The van der Waals surface area contributed by atoms with E-state index in [2.05, 4.69) is 10.1 Å². The zero-order valence-corrected chi connectivity index (χ0v) is 15.9. The Bertz CT molecular complexity index is 993. The van der Waals surface area contributed by atoms with Crippen molar-refractivity contribution in [2.45, 2.75) is 39.7 Å². The van der Waals surface area contributed by atoms with E-state index in [0.29, 0.717) is 23.8 Å². The molecule has 1 amide bonds. The van der Waals surface area contributed by atoms with Crippen molar-refractivity contribution < 1.29 is 9.32 Å². The summed E-state index contributed by atoms with van der Waals surface area (Å²) in [6, 6.07) is 13.7. The van der Waals surface area contributed by atoms with Gasteiger partial charge in [0.25, 0.3) is 5.91 Å². The topological polar surface area (TPSA) is 59.2 Å². The number of carbonyl (C=O) groups is 1. The van der Waals surface area contributed by atoms with Gasteiger partial charge in [-0.25, -0.2) is 0 Å². The van der Waals surface area contributed by atoms with E-state index < -0.39 is 0 Å². The highest BCUT2D eigenvalue weighted by atomic mass is 16.5. The first-order chi connectivity index (χ1) is 13.0. The van der Waals surface area contributed by atoms with Crippen LogP contribution < -0.4 is 0 Å². The lowest BCUT2D eigenvalue weighted by atomic mass is 10.1. The van der Waals surface area contributed by atoms with E-state index in [4.69, 9.17) is 4.52 Å². The molecule has 5 heteroatoms. The van der Waals surface area contributed by atoms with Gasteiger partial charge < -0.3 is 9.42 Å². The summed E-state index contributed by atoms with van der Waals surface area (Å²) < 4.78 is 5.55. The van der Waals surface area contributed by atoms with Crippen molar-refractivity contribution in [2.24, 2.45) is 0 Å². The van der Waals surface area contributed by atoms with Crippen LogP contribution in [0.15, 0.2) is 47.0 Å². The lowest BCUT2D eigenvalue weighted by Gasteiger charge is -2.22. The van der Waals surface area contributed by atoms with Crippen molar-refractivity contribution in [3.05, 3.63) is 70.6 Å². The quantitative estimate of drug-likeness (QED) is 0.682. The van der Waals surface area contributed by atoms with Crippen molar-refractivity contribution in [3.63, 3.8) is 0 Å². The van der Waals surface area contributed by atoms with E-state index >= 15 is 0 Å². The smallest absolute Gasteiger partial charge is 0.254 e. The lowest BCUT2D eigenvalue weighted by Crippen LogP contribution is -2.30. The van der Waals surface area contributed by atoms with E-state index in [1.54, 1.807) is 0 Å². The third-order valence-corrected chi connectivity index (χ3v) is 5.27. The predicted molar refractivity (Wildman–Crippen MR) is 103 cm³/mol. The molecule has 3 aromatic rings. The van der Waals surface area contributed by atoms with Gasteiger partial charge in [0.1, 0.15) is 6.04 Å². The number of rotatable bonds is 3. The molecule has 1 aliphatic heterocycles. The third kappa shape index (κ3) is 3.37. The van der Waals surface area contributed by atoms with E-state index in [1.165, 1.54) is 5.56 Å². The molecular weight excluding hydrogens is 338 g/mol. The Morgan fingerprint density at radius 2 is 1.96 bits per heavy atom. The molecule has 138 valence electrons. The molecule has 0 bridgehead atoms. The van der Waals surface area contributed by atoms with Gasteiger partial charge in [0.05, 0.1) is 0 Å². The first-order valence-electron chi connectivity index (χ1n) is 9.32. The molecule has 1 aliphatic rings. The molecule has 1 unspecified atom stereocenters. The predicted octanol–water partition coefficient (Wildman–Crippen LogP) is 4.64. The monoisotopic (exact) mass is 361 g/mol. The molecule has 2 aromatic carbocycles. The Balaban J connectivity index is 1.60. The maximum absolute atomic E-state index is 13.1. The fourth-order valence-electron chi connectivity index (χ4n) is 3.58. The fraction of sp³-hybridized carbons (Fsp3) is 0.318. The minimum atomic E-state index is -0.162. The van der Waals surface area contributed by atoms with Crippen molar-refractivity contribution in [1.29, 1.82) is 0 Å². The summed E-state index contributed by atoms with van der Waals surface area (Å²) in [4.78, 5) is 19.5. The molecule has 2 heterocycles. The Kier molecular flexibility index (Phi) is 4.52. The maximum atomic E-state index is 13.1. The molecule has 0 radical (unpaired) electrons. The second-order valence-electron chi connectivity index (χ2n) is 7.28. The van der Waals surface area contributed by atoms with Crippen LogP contribution in [0.5, 0.6) is 0 Å². The zero-order valence-electron chi connectivity index (χ0n) is 15.9. The van der Waals surface area contributed by atoms with Crippen LogP contribution in [-0.4, -0.2) is 27.5 Å². The van der Waals surface area contributed by atoms with Gasteiger partial charge >= 0.3 is 0 Å². The van der Waals surface area contributed by atoms with E-state index in [0.717, 1.165) is 29.5 Å². The summed E-state index contributed by atoms with van der Waals surface area (Å²) >= 11 is 0. The van der Waals surface area contributed by atoms with Gasteiger partial charge in [-0.2, -0.15) is 4.98 Å². The van der Waals surface area contributed by atoms with Gasteiger partial charge in [0, 0.05) is 17.7 Å². The van der Waals surface area contributed by atoms with Crippen LogP contribution in [0.3, 0.4) is 0 Å². The molecule has 0 saturated carbocycles. The van der Waals surface area contributed by atoms with Crippen LogP contribution in [0.4, 0.5) is 0 Å². The summed E-state index contributed by atoms with van der Waals surface area (Å²) in [5.41, 5.74) is 5.09. The molecular formula is C22H23N3O2. The second-order valence-corrected chi connectivity index (χ2v) is 7.28. The van der Waals surface area contributed by atoms with Crippen LogP contribution in [-0.2, 0) is 0 Å². The molecule has 1 aromatic heterocycles. The highest BCUT2D eigenvalue weighted by Crippen LogP contribution is 2.33. The SMILES string of the molecule is Cc1cccc(-c2noc(C3CCCN3C(=O)c3ccc(C)c(C)c3)n2)c1. The Hall–Kier alpha value is -2.95. The largest absolute Gasteiger partial charge is 0.337 e. The van der Waals surface area contributed by atoms with Crippen LogP contribution in [0, 0.1) is 20.8 Å². The first-order valence-corrected chi connectivity index (χ1v) is 9.32. The molecule has 5 nitrogen and oxygen atoms in total. The van der Waals surface area contributed by atoms with Crippen LogP contribution >= 0.6 is 0 Å². The van der Waals surface area contributed by atoms with E-state index in [9.17, 15) is 4.79 Å². The van der Waals surface area contributed by atoms with Gasteiger partial charge in [-0.3, -0.25) is 4.79 Å². The summed E-state index contributed by atoms with van der Waals surface area (Å²) in [5.74, 6) is 1.11. The number of aryl methyl sites for hydroxylation is 3. The number of aromatic nitrogens is 2. The third-order valence-electron chi connectivity index (χ3n) is 5.27. The standard InChI is InChI=1S/C22H23N3O2/c1-14-6-4-7-17(12-14)20-23-21(27-24-20)19-8-5-11-25(19)22(26)18-10-9-15(2)16(3)13-18/h4,6-7,9-10,12-13,19H,5,8,11H2,1-3H3. The molecule has 1 atom stereocenters. The minimum absolute atomic E-state index is 0.0240. The highest BCUT2D eigenvalue weighted by Gasteiger charge is 2.34. The summed E-state index contributed by atoms with van der Waals surface area (Å²) in [5, 5.41) is 4.14. The first kappa shape index (κ1) is 17.5. The number of hydrogen-bond donors (Lipinski definition) is 0. The van der Waals surface area contributed by atoms with E-state index in [1.807, 2.05) is 68.1 Å². The molecule has 27 heavy (non-hydrogen) atoms. The molecule has 4 rings (SSSR count). The van der Waals surface area contributed by atoms with Crippen molar-refractivity contribution in [1.82, 2.24) is 15.0 Å². The molecule has 1 saturated heterocycles. The average molecular weight is 361 g/mol. The summed E-state index contributed by atoms with van der Waals surface area (Å²) in [6.07, 6.45) is 1.77. The molecule has 0 aliphatic carbocycles. The number of hydrogen-bond acceptors (Lipinski definition) is 4. The normalized spacial score (nSPS) is 16.7. The van der Waals surface area contributed by atoms with Crippen molar-refractivity contribution >= 4 is 5.91 Å². The maximum Gasteiger partial charge on any atom is 0.254 e. The number of likely N-dealkylation sites (tertiary alicyclic amines) is 1. The van der Waals surface area contributed by atoms with Gasteiger partial charge in [-0.05, 0) is 62.9 Å². The Morgan fingerprint density at radius 3 is 2.74 bits per heavy atom. The average Bonchev–Trinajstić information content (AvgIpc) is 3.32. The molecule has 0 N–H and O–H groups in total. The second kappa shape index (κ2) is 6.99. The van der Waals surface area contributed by atoms with Gasteiger partial charge in [-0.1, -0.05) is 35.0 Å². The minimum Gasteiger partial charge on any atom is -0.337 e. The highest BCUT2D eigenvalue weighted by molar-refractivity contribution is 5.95. The van der Waals surface area contributed by atoms with E-state index in [-0.39, 0.29) is 11.9 Å². The van der Waals surface area contributed by atoms with Crippen LogP contribution in [0.25, 0.3) is 11.4 Å². The molecule has 1 fully saturated rings.